The van der Waals surface area contributed by atoms with Crippen molar-refractivity contribution < 1.29 is 0 Å². The number of nitrogens with one attached hydrogen (secondary N) is 1. The van der Waals surface area contributed by atoms with Crippen LogP contribution < -0.4 is 5.32 Å². The van der Waals surface area contributed by atoms with E-state index in [4.69, 9.17) is 0 Å². The summed E-state index contributed by atoms with van der Waals surface area (Å²) in [5, 5.41) is 3.41. The van der Waals surface area contributed by atoms with Crippen molar-refractivity contribution in [3.8, 4) is 0 Å². The minimum absolute atomic E-state index is 0.487. The lowest BCUT2D eigenvalue weighted by Gasteiger charge is -2.07. The Morgan fingerprint density at radius 1 is 1.35 bits per heavy atom. The van der Waals surface area contributed by atoms with Crippen LogP contribution in [0.4, 0.5) is 0 Å². The molecule has 0 aliphatic heterocycles. The fraction of sp³-hybridized carbons (Fsp3) is 0.500. The van der Waals surface area contributed by atoms with Gasteiger partial charge in [0, 0.05) is 13.1 Å². The molecule has 0 radical (unpaired) electrons. The third-order valence-electron chi connectivity index (χ3n) is 3.11. The number of nitrogens with zero attached hydrogens (tertiary/aromatic N) is 2. The molecule has 0 aliphatic carbocycles. The summed E-state index contributed by atoms with van der Waals surface area (Å²) in [6.45, 7) is 7.30. The Morgan fingerprint density at radius 3 is 2.76 bits per heavy atom. The molecule has 0 aliphatic rings. The zero-order valence-electron chi connectivity index (χ0n) is 11.1. The third kappa shape index (κ3) is 2.50. The number of aryl methyl sites for hydroxylation is 2. The number of imidazole rings is 1. The van der Waals surface area contributed by atoms with E-state index < -0.39 is 0 Å². The molecular weight excluding hydrogens is 210 g/mol. The summed E-state index contributed by atoms with van der Waals surface area (Å²) in [6.07, 6.45) is 1.07. The second-order valence-corrected chi connectivity index (χ2v) is 4.80. The number of fused-ring (bicyclic) bond motifs is 1. The summed E-state index contributed by atoms with van der Waals surface area (Å²) in [5.41, 5.74) is 3.68. The summed E-state index contributed by atoms with van der Waals surface area (Å²) < 4.78 is 2.18. The van der Waals surface area contributed by atoms with Gasteiger partial charge in [-0.25, -0.2) is 4.98 Å². The Labute approximate surface area is 103 Å². The number of hydrogen-bond donors (Lipinski definition) is 1. The van der Waals surface area contributed by atoms with Gasteiger partial charge in [0.05, 0.1) is 17.6 Å². The minimum Gasteiger partial charge on any atom is -0.330 e. The third-order valence-corrected chi connectivity index (χ3v) is 3.11. The van der Waals surface area contributed by atoms with Gasteiger partial charge in [0.25, 0.3) is 0 Å². The smallest absolute Gasteiger partial charge is 0.123 e. The first-order valence-electron chi connectivity index (χ1n) is 6.29. The monoisotopic (exact) mass is 231 g/mol. The zero-order valence-corrected chi connectivity index (χ0v) is 11.1. The van der Waals surface area contributed by atoms with Crippen molar-refractivity contribution in [1.82, 2.24) is 14.9 Å². The predicted octanol–water partition coefficient (Wildman–Crippen LogP) is 2.63. The van der Waals surface area contributed by atoms with Gasteiger partial charge in [-0.1, -0.05) is 26.8 Å². The first-order valence-corrected chi connectivity index (χ1v) is 6.29. The second kappa shape index (κ2) is 4.88. The summed E-state index contributed by atoms with van der Waals surface area (Å²) in [6, 6.07) is 7.00. The van der Waals surface area contributed by atoms with Gasteiger partial charge in [0.15, 0.2) is 0 Å². The molecule has 0 fully saturated rings. The molecule has 0 atom stereocenters. The second-order valence-electron chi connectivity index (χ2n) is 4.80. The molecule has 1 aromatic heterocycles. The molecule has 3 nitrogen and oxygen atoms in total. The summed E-state index contributed by atoms with van der Waals surface area (Å²) in [5.74, 6) is 1.10. The number of hydrogen-bond acceptors (Lipinski definition) is 2. The average Bonchev–Trinajstić information content (AvgIpc) is 2.63. The van der Waals surface area contributed by atoms with Crippen LogP contribution in [0.1, 0.15) is 32.2 Å². The normalized spacial score (nSPS) is 11.6. The van der Waals surface area contributed by atoms with Gasteiger partial charge < -0.3 is 9.88 Å². The average molecular weight is 231 g/mol. The fourth-order valence-corrected chi connectivity index (χ4v) is 1.96. The van der Waals surface area contributed by atoms with Gasteiger partial charge in [-0.05, 0) is 24.1 Å². The lowest BCUT2D eigenvalue weighted by molar-refractivity contribution is 0.563. The molecule has 2 aromatic rings. The molecule has 17 heavy (non-hydrogen) atoms. The van der Waals surface area contributed by atoms with E-state index in [1.165, 1.54) is 11.1 Å². The van der Waals surface area contributed by atoms with E-state index in [0.29, 0.717) is 6.04 Å². The molecule has 0 spiro atoms. The molecular formula is C14H21N3. The van der Waals surface area contributed by atoms with E-state index >= 15 is 0 Å². The SMILES string of the molecule is CCc1ccc2nc(CNC(C)C)n(C)c2c1. The first-order chi connectivity index (χ1) is 8.11. The number of benzene rings is 1. The van der Waals surface area contributed by atoms with Crippen molar-refractivity contribution in [3.05, 3.63) is 29.6 Å². The molecule has 1 N–H and O–H groups in total. The highest BCUT2D eigenvalue weighted by molar-refractivity contribution is 5.76. The maximum Gasteiger partial charge on any atom is 0.123 e. The van der Waals surface area contributed by atoms with Crippen LogP contribution in [-0.4, -0.2) is 15.6 Å². The van der Waals surface area contributed by atoms with Crippen molar-refractivity contribution in [2.75, 3.05) is 0 Å². The molecule has 1 aromatic carbocycles. The Hall–Kier alpha value is -1.35. The molecule has 0 saturated heterocycles. The topological polar surface area (TPSA) is 29.9 Å². The maximum absolute atomic E-state index is 4.66. The van der Waals surface area contributed by atoms with Gasteiger partial charge >= 0.3 is 0 Å². The Morgan fingerprint density at radius 2 is 2.12 bits per heavy atom. The molecule has 0 amide bonds. The highest BCUT2D eigenvalue weighted by atomic mass is 15.1. The van der Waals surface area contributed by atoms with Crippen LogP contribution in [-0.2, 0) is 20.0 Å². The van der Waals surface area contributed by atoms with E-state index in [1.807, 2.05) is 0 Å². The molecule has 0 bridgehead atoms. The summed E-state index contributed by atoms with van der Waals surface area (Å²) in [7, 11) is 2.09. The van der Waals surface area contributed by atoms with E-state index in [9.17, 15) is 0 Å². The van der Waals surface area contributed by atoms with Gasteiger partial charge in [0.2, 0.25) is 0 Å². The Kier molecular flexibility index (Phi) is 3.48. The Bertz CT molecular complexity index is 511. The van der Waals surface area contributed by atoms with Crippen molar-refractivity contribution in [1.29, 1.82) is 0 Å². The van der Waals surface area contributed by atoms with Crippen LogP contribution in [0.15, 0.2) is 18.2 Å². The van der Waals surface area contributed by atoms with Crippen LogP contribution >= 0.6 is 0 Å². The van der Waals surface area contributed by atoms with Crippen LogP contribution in [0.25, 0.3) is 11.0 Å². The fourth-order valence-electron chi connectivity index (χ4n) is 1.96. The van der Waals surface area contributed by atoms with Crippen molar-refractivity contribution in [2.24, 2.45) is 7.05 Å². The van der Waals surface area contributed by atoms with E-state index in [2.05, 4.69) is 60.9 Å². The van der Waals surface area contributed by atoms with Crippen molar-refractivity contribution in [3.63, 3.8) is 0 Å². The summed E-state index contributed by atoms with van der Waals surface area (Å²) >= 11 is 0. The van der Waals surface area contributed by atoms with Gasteiger partial charge in [-0.15, -0.1) is 0 Å². The summed E-state index contributed by atoms with van der Waals surface area (Å²) in [4.78, 5) is 4.66. The van der Waals surface area contributed by atoms with Crippen LogP contribution in [0, 0.1) is 0 Å². The largest absolute Gasteiger partial charge is 0.330 e. The first kappa shape index (κ1) is 12.1. The lowest BCUT2D eigenvalue weighted by Crippen LogP contribution is -2.23. The molecule has 3 heteroatoms. The number of aromatic nitrogens is 2. The molecule has 2 rings (SSSR count). The highest BCUT2D eigenvalue weighted by Crippen LogP contribution is 2.17. The molecule has 0 unspecified atom stereocenters. The quantitative estimate of drug-likeness (QED) is 0.876. The predicted molar refractivity (Wildman–Crippen MR) is 72.1 cm³/mol. The van der Waals surface area contributed by atoms with E-state index in [1.54, 1.807) is 0 Å². The van der Waals surface area contributed by atoms with E-state index in [-0.39, 0.29) is 0 Å². The number of rotatable bonds is 4. The zero-order chi connectivity index (χ0) is 12.4. The molecule has 0 saturated carbocycles. The van der Waals surface area contributed by atoms with Crippen LogP contribution in [0.5, 0.6) is 0 Å². The minimum atomic E-state index is 0.487. The van der Waals surface area contributed by atoms with E-state index in [0.717, 1.165) is 24.3 Å². The Balaban J connectivity index is 2.35. The van der Waals surface area contributed by atoms with Gasteiger partial charge in [-0.3, -0.25) is 0 Å². The van der Waals surface area contributed by atoms with Gasteiger partial charge in [-0.2, -0.15) is 0 Å². The van der Waals surface area contributed by atoms with Crippen LogP contribution in [0.2, 0.25) is 0 Å². The lowest BCUT2D eigenvalue weighted by atomic mass is 10.1. The molecule has 92 valence electrons. The highest BCUT2D eigenvalue weighted by Gasteiger charge is 2.08. The van der Waals surface area contributed by atoms with Crippen molar-refractivity contribution in [2.45, 2.75) is 39.8 Å². The standard InChI is InChI=1S/C14H21N3/c1-5-11-6-7-12-13(8-11)17(4)14(16-12)9-15-10(2)3/h6-8,10,15H,5,9H2,1-4H3. The van der Waals surface area contributed by atoms with Gasteiger partial charge in [0.1, 0.15) is 5.82 Å². The molecule has 1 heterocycles. The van der Waals surface area contributed by atoms with Crippen LogP contribution in [0.3, 0.4) is 0 Å². The van der Waals surface area contributed by atoms with Crippen molar-refractivity contribution >= 4 is 11.0 Å². The maximum atomic E-state index is 4.66.